The van der Waals surface area contributed by atoms with E-state index in [1.807, 2.05) is 24.3 Å². The topological polar surface area (TPSA) is 29.5 Å². The van der Waals surface area contributed by atoms with Gasteiger partial charge in [0.15, 0.2) is 0 Å². The number of aliphatic hydroxyl groups excluding tert-OH is 1. The average Bonchev–Trinajstić information content (AvgIpc) is 2.25. The van der Waals surface area contributed by atoms with Crippen LogP contribution in [0.4, 0.5) is 0 Å². The fourth-order valence-corrected chi connectivity index (χ4v) is 1.41. The quantitative estimate of drug-likeness (QED) is 0.727. The number of benzene rings is 1. The summed E-state index contributed by atoms with van der Waals surface area (Å²) in [6.45, 7) is 4.70. The first kappa shape index (κ1) is 12.1. The zero-order valence-corrected chi connectivity index (χ0v) is 9.57. The van der Waals surface area contributed by atoms with Crippen LogP contribution in [0.1, 0.15) is 44.8 Å². The first-order valence-electron chi connectivity index (χ1n) is 5.65. The Bertz CT molecular complexity index is 282. The molecule has 0 aliphatic carbocycles. The summed E-state index contributed by atoms with van der Waals surface area (Å²) in [7, 11) is 0. The van der Waals surface area contributed by atoms with Gasteiger partial charge in [0.05, 0.1) is 12.7 Å². The largest absolute Gasteiger partial charge is 0.494 e. The van der Waals surface area contributed by atoms with Gasteiger partial charge in [-0.2, -0.15) is 0 Å². The van der Waals surface area contributed by atoms with Gasteiger partial charge in [0.25, 0.3) is 0 Å². The Morgan fingerprint density at radius 1 is 1.33 bits per heavy atom. The lowest BCUT2D eigenvalue weighted by atomic mass is 10.1. The molecule has 0 heterocycles. The molecule has 2 nitrogen and oxygen atoms in total. The number of aliphatic hydroxyl groups is 1. The van der Waals surface area contributed by atoms with Gasteiger partial charge < -0.3 is 9.84 Å². The minimum Gasteiger partial charge on any atom is -0.494 e. The minimum atomic E-state index is -0.427. The summed E-state index contributed by atoms with van der Waals surface area (Å²) in [6, 6.07) is 7.65. The van der Waals surface area contributed by atoms with Crippen LogP contribution in [0, 0.1) is 0 Å². The molecule has 0 spiro atoms. The molecule has 84 valence electrons. The summed E-state index contributed by atoms with van der Waals surface area (Å²) in [6.07, 6.45) is 3.08. The molecule has 0 aliphatic rings. The summed E-state index contributed by atoms with van der Waals surface area (Å²) in [5.74, 6) is 0.851. The van der Waals surface area contributed by atoms with Crippen LogP contribution in [-0.4, -0.2) is 11.7 Å². The standard InChI is InChI=1S/C13H20O2/c1-3-4-5-9-15-13-8-6-7-12(10-13)11(2)14/h6-8,10-11,14H,3-5,9H2,1-2H3/t11-/m0/s1. The van der Waals surface area contributed by atoms with Crippen molar-refractivity contribution in [3.63, 3.8) is 0 Å². The van der Waals surface area contributed by atoms with Crippen molar-refractivity contribution >= 4 is 0 Å². The maximum absolute atomic E-state index is 9.40. The minimum absolute atomic E-state index is 0.427. The van der Waals surface area contributed by atoms with Gasteiger partial charge in [-0.1, -0.05) is 31.9 Å². The van der Waals surface area contributed by atoms with Crippen molar-refractivity contribution < 1.29 is 9.84 Å². The smallest absolute Gasteiger partial charge is 0.119 e. The second kappa shape index (κ2) is 6.46. The maximum atomic E-state index is 9.40. The van der Waals surface area contributed by atoms with E-state index in [0.29, 0.717) is 0 Å². The van der Waals surface area contributed by atoms with Crippen LogP contribution in [0.5, 0.6) is 5.75 Å². The third-order valence-corrected chi connectivity index (χ3v) is 2.36. The SMILES string of the molecule is CCCCCOc1cccc([C@H](C)O)c1. The van der Waals surface area contributed by atoms with Gasteiger partial charge >= 0.3 is 0 Å². The number of hydrogen-bond donors (Lipinski definition) is 1. The molecule has 1 rings (SSSR count). The Morgan fingerprint density at radius 3 is 2.80 bits per heavy atom. The molecule has 0 bridgehead atoms. The summed E-state index contributed by atoms with van der Waals surface area (Å²) >= 11 is 0. The average molecular weight is 208 g/mol. The normalized spacial score (nSPS) is 12.5. The molecular formula is C13H20O2. The lowest BCUT2D eigenvalue weighted by Crippen LogP contribution is -1.98. The third kappa shape index (κ3) is 4.34. The molecule has 0 saturated carbocycles. The molecule has 0 saturated heterocycles. The summed E-state index contributed by atoms with van der Waals surface area (Å²) in [4.78, 5) is 0. The Balaban J connectivity index is 2.43. The molecule has 0 amide bonds. The van der Waals surface area contributed by atoms with Crippen LogP contribution in [0.25, 0.3) is 0 Å². The highest BCUT2D eigenvalue weighted by Crippen LogP contribution is 2.18. The highest BCUT2D eigenvalue weighted by atomic mass is 16.5. The molecule has 2 heteroatoms. The molecule has 0 radical (unpaired) electrons. The van der Waals surface area contributed by atoms with Gasteiger partial charge in [-0.3, -0.25) is 0 Å². The molecular weight excluding hydrogens is 188 g/mol. The van der Waals surface area contributed by atoms with Crippen LogP contribution in [0.2, 0.25) is 0 Å². The highest BCUT2D eigenvalue weighted by Gasteiger charge is 2.01. The van der Waals surface area contributed by atoms with E-state index >= 15 is 0 Å². The van der Waals surface area contributed by atoms with E-state index in [1.165, 1.54) is 12.8 Å². The van der Waals surface area contributed by atoms with Crippen molar-refractivity contribution in [2.24, 2.45) is 0 Å². The van der Waals surface area contributed by atoms with E-state index in [-0.39, 0.29) is 0 Å². The number of hydrogen-bond acceptors (Lipinski definition) is 2. The Hall–Kier alpha value is -1.02. The molecule has 0 aliphatic heterocycles. The second-order valence-corrected chi connectivity index (χ2v) is 3.80. The molecule has 0 aromatic heterocycles. The number of rotatable bonds is 6. The molecule has 0 fully saturated rings. The van der Waals surface area contributed by atoms with E-state index in [2.05, 4.69) is 6.92 Å². The van der Waals surface area contributed by atoms with E-state index in [9.17, 15) is 5.11 Å². The van der Waals surface area contributed by atoms with Crippen LogP contribution < -0.4 is 4.74 Å². The van der Waals surface area contributed by atoms with Crippen LogP contribution in [-0.2, 0) is 0 Å². The molecule has 15 heavy (non-hydrogen) atoms. The van der Waals surface area contributed by atoms with E-state index in [1.54, 1.807) is 6.92 Å². The number of unbranched alkanes of at least 4 members (excludes halogenated alkanes) is 2. The number of ether oxygens (including phenoxy) is 1. The van der Waals surface area contributed by atoms with Crippen LogP contribution in [0.15, 0.2) is 24.3 Å². The third-order valence-electron chi connectivity index (χ3n) is 2.36. The molecule has 1 N–H and O–H groups in total. The summed E-state index contributed by atoms with van der Waals surface area (Å²) in [5, 5.41) is 9.40. The first-order valence-corrected chi connectivity index (χ1v) is 5.65. The highest BCUT2D eigenvalue weighted by molar-refractivity contribution is 5.29. The Kier molecular flexibility index (Phi) is 5.19. The second-order valence-electron chi connectivity index (χ2n) is 3.80. The van der Waals surface area contributed by atoms with Crippen LogP contribution >= 0.6 is 0 Å². The predicted molar refractivity (Wildman–Crippen MR) is 62.1 cm³/mol. The van der Waals surface area contributed by atoms with E-state index in [0.717, 1.165) is 24.3 Å². The van der Waals surface area contributed by atoms with Crippen molar-refractivity contribution in [1.82, 2.24) is 0 Å². The van der Waals surface area contributed by atoms with Crippen molar-refractivity contribution in [2.75, 3.05) is 6.61 Å². The predicted octanol–water partition coefficient (Wildman–Crippen LogP) is 3.31. The monoisotopic (exact) mass is 208 g/mol. The van der Waals surface area contributed by atoms with Gasteiger partial charge in [0, 0.05) is 0 Å². The molecule has 1 atom stereocenters. The molecule has 1 aromatic carbocycles. The fourth-order valence-electron chi connectivity index (χ4n) is 1.41. The van der Waals surface area contributed by atoms with Crippen molar-refractivity contribution in [1.29, 1.82) is 0 Å². The van der Waals surface area contributed by atoms with Crippen LogP contribution in [0.3, 0.4) is 0 Å². The fraction of sp³-hybridized carbons (Fsp3) is 0.538. The van der Waals surface area contributed by atoms with Gasteiger partial charge in [-0.15, -0.1) is 0 Å². The molecule has 1 aromatic rings. The molecule has 0 unspecified atom stereocenters. The van der Waals surface area contributed by atoms with Crippen molar-refractivity contribution in [3.05, 3.63) is 29.8 Å². The zero-order valence-electron chi connectivity index (χ0n) is 9.57. The van der Waals surface area contributed by atoms with Crippen molar-refractivity contribution in [3.8, 4) is 5.75 Å². The zero-order chi connectivity index (χ0) is 11.1. The summed E-state index contributed by atoms with van der Waals surface area (Å²) in [5.41, 5.74) is 0.906. The van der Waals surface area contributed by atoms with E-state index < -0.39 is 6.10 Å². The Labute approximate surface area is 91.9 Å². The van der Waals surface area contributed by atoms with Crippen molar-refractivity contribution in [2.45, 2.75) is 39.2 Å². The van der Waals surface area contributed by atoms with Gasteiger partial charge in [0.2, 0.25) is 0 Å². The Morgan fingerprint density at radius 2 is 2.13 bits per heavy atom. The first-order chi connectivity index (χ1) is 7.24. The van der Waals surface area contributed by atoms with E-state index in [4.69, 9.17) is 4.74 Å². The van der Waals surface area contributed by atoms with Gasteiger partial charge in [-0.05, 0) is 31.0 Å². The summed E-state index contributed by atoms with van der Waals surface area (Å²) < 4.78 is 5.59. The lowest BCUT2D eigenvalue weighted by Gasteiger charge is -2.09. The van der Waals surface area contributed by atoms with Gasteiger partial charge in [-0.25, -0.2) is 0 Å². The maximum Gasteiger partial charge on any atom is 0.119 e. The lowest BCUT2D eigenvalue weighted by molar-refractivity contribution is 0.198. The van der Waals surface area contributed by atoms with Gasteiger partial charge in [0.1, 0.15) is 5.75 Å².